The average Bonchev–Trinajstić information content (AvgIpc) is 1.96. The molecule has 10 heavy (non-hydrogen) atoms. The predicted molar refractivity (Wildman–Crippen MR) is 40.6 cm³/mol. The SMILES string of the molecule is CC[C@@]1(C)CCCNC1=O. The zero-order chi connectivity index (χ0) is 7.61. The second kappa shape index (κ2) is 2.60. The summed E-state index contributed by atoms with van der Waals surface area (Å²) in [6.45, 7) is 4.99. The Hall–Kier alpha value is -0.530. The van der Waals surface area contributed by atoms with Crippen molar-refractivity contribution in [2.45, 2.75) is 33.1 Å². The number of carbonyl (C=O) groups excluding carboxylic acids is 1. The van der Waals surface area contributed by atoms with Crippen molar-refractivity contribution in [3.63, 3.8) is 0 Å². The molecule has 1 rings (SSSR count). The van der Waals surface area contributed by atoms with E-state index < -0.39 is 0 Å². The third kappa shape index (κ3) is 1.15. The Labute approximate surface area is 62.0 Å². The lowest BCUT2D eigenvalue weighted by atomic mass is 9.80. The maximum absolute atomic E-state index is 11.2. The molecule has 0 unspecified atom stereocenters. The van der Waals surface area contributed by atoms with Crippen LogP contribution in [0.2, 0.25) is 0 Å². The van der Waals surface area contributed by atoms with E-state index in [0.29, 0.717) is 0 Å². The molecule has 1 amide bonds. The Morgan fingerprint density at radius 1 is 1.70 bits per heavy atom. The van der Waals surface area contributed by atoms with Crippen molar-refractivity contribution < 1.29 is 4.79 Å². The van der Waals surface area contributed by atoms with Crippen LogP contribution in [0, 0.1) is 5.41 Å². The second-order valence-corrected chi connectivity index (χ2v) is 3.27. The molecule has 1 aliphatic rings. The molecule has 0 radical (unpaired) electrons. The highest BCUT2D eigenvalue weighted by atomic mass is 16.2. The van der Waals surface area contributed by atoms with Gasteiger partial charge in [0.2, 0.25) is 5.91 Å². The average molecular weight is 141 g/mol. The third-order valence-electron chi connectivity index (χ3n) is 2.52. The molecule has 1 atom stereocenters. The van der Waals surface area contributed by atoms with Gasteiger partial charge in [-0.1, -0.05) is 13.8 Å². The van der Waals surface area contributed by atoms with Crippen molar-refractivity contribution in [2.75, 3.05) is 6.54 Å². The summed E-state index contributed by atoms with van der Waals surface area (Å²) < 4.78 is 0. The van der Waals surface area contributed by atoms with E-state index in [4.69, 9.17) is 0 Å². The molecule has 0 saturated carbocycles. The number of hydrogen-bond donors (Lipinski definition) is 1. The second-order valence-electron chi connectivity index (χ2n) is 3.27. The van der Waals surface area contributed by atoms with Crippen LogP contribution in [-0.4, -0.2) is 12.5 Å². The number of amides is 1. The lowest BCUT2D eigenvalue weighted by Crippen LogP contribution is -2.43. The molecular weight excluding hydrogens is 126 g/mol. The molecule has 58 valence electrons. The monoisotopic (exact) mass is 141 g/mol. The fraction of sp³-hybridized carbons (Fsp3) is 0.875. The molecule has 0 aromatic carbocycles. The highest BCUT2D eigenvalue weighted by molar-refractivity contribution is 5.82. The molecule has 0 bridgehead atoms. The van der Waals surface area contributed by atoms with Crippen LogP contribution in [0.25, 0.3) is 0 Å². The van der Waals surface area contributed by atoms with E-state index in [2.05, 4.69) is 12.2 Å². The number of hydrogen-bond acceptors (Lipinski definition) is 1. The van der Waals surface area contributed by atoms with Crippen LogP contribution in [0.15, 0.2) is 0 Å². The number of carbonyl (C=O) groups is 1. The third-order valence-corrected chi connectivity index (χ3v) is 2.52. The first-order chi connectivity index (χ1) is 4.69. The van der Waals surface area contributed by atoms with Crippen LogP contribution in [0.3, 0.4) is 0 Å². The molecule has 0 aromatic rings. The van der Waals surface area contributed by atoms with Gasteiger partial charge in [-0.05, 0) is 19.3 Å². The smallest absolute Gasteiger partial charge is 0.225 e. The maximum Gasteiger partial charge on any atom is 0.225 e. The summed E-state index contributed by atoms with van der Waals surface area (Å²) in [6, 6.07) is 0. The van der Waals surface area contributed by atoms with Crippen LogP contribution >= 0.6 is 0 Å². The van der Waals surface area contributed by atoms with Crippen molar-refractivity contribution in [1.29, 1.82) is 0 Å². The van der Waals surface area contributed by atoms with Crippen LogP contribution in [0.5, 0.6) is 0 Å². The minimum atomic E-state index is -0.0712. The molecule has 1 saturated heterocycles. The van der Waals surface area contributed by atoms with Gasteiger partial charge in [0.05, 0.1) is 0 Å². The van der Waals surface area contributed by atoms with Gasteiger partial charge in [-0.15, -0.1) is 0 Å². The van der Waals surface area contributed by atoms with E-state index in [-0.39, 0.29) is 11.3 Å². The van der Waals surface area contributed by atoms with E-state index in [1.54, 1.807) is 0 Å². The molecule has 1 N–H and O–H groups in total. The van der Waals surface area contributed by atoms with Crippen LogP contribution in [0.1, 0.15) is 33.1 Å². The van der Waals surface area contributed by atoms with E-state index in [0.717, 1.165) is 25.8 Å². The van der Waals surface area contributed by atoms with Gasteiger partial charge in [-0.3, -0.25) is 4.79 Å². The standard InChI is InChI=1S/C8H15NO/c1-3-8(2)5-4-6-9-7(8)10/h3-6H2,1-2H3,(H,9,10)/t8-/m0/s1. The minimum absolute atomic E-state index is 0.0712. The maximum atomic E-state index is 11.2. The summed E-state index contributed by atoms with van der Waals surface area (Å²) in [5.74, 6) is 0.237. The van der Waals surface area contributed by atoms with Gasteiger partial charge < -0.3 is 5.32 Å². The van der Waals surface area contributed by atoms with Gasteiger partial charge in [0.25, 0.3) is 0 Å². The Kier molecular flexibility index (Phi) is 1.97. The van der Waals surface area contributed by atoms with Crippen LogP contribution in [-0.2, 0) is 4.79 Å². The molecule has 1 fully saturated rings. The van der Waals surface area contributed by atoms with Crippen molar-refractivity contribution in [1.82, 2.24) is 5.32 Å². The fourth-order valence-corrected chi connectivity index (χ4v) is 1.34. The van der Waals surface area contributed by atoms with E-state index in [9.17, 15) is 4.79 Å². The molecule has 0 aromatic heterocycles. The summed E-state index contributed by atoms with van der Waals surface area (Å²) in [4.78, 5) is 11.2. The summed E-state index contributed by atoms with van der Waals surface area (Å²) >= 11 is 0. The first-order valence-electron chi connectivity index (χ1n) is 3.97. The van der Waals surface area contributed by atoms with Gasteiger partial charge in [0.1, 0.15) is 0 Å². The van der Waals surface area contributed by atoms with Crippen molar-refractivity contribution in [3.05, 3.63) is 0 Å². The fourth-order valence-electron chi connectivity index (χ4n) is 1.34. The van der Waals surface area contributed by atoms with E-state index in [1.165, 1.54) is 0 Å². The van der Waals surface area contributed by atoms with Crippen molar-refractivity contribution >= 4 is 5.91 Å². The molecule has 2 nitrogen and oxygen atoms in total. The molecule has 2 heteroatoms. The highest BCUT2D eigenvalue weighted by Gasteiger charge is 2.32. The summed E-state index contributed by atoms with van der Waals surface area (Å²) in [7, 11) is 0. The Balaban J connectivity index is 2.63. The molecular formula is C8H15NO. The van der Waals surface area contributed by atoms with Gasteiger partial charge in [0.15, 0.2) is 0 Å². The van der Waals surface area contributed by atoms with E-state index >= 15 is 0 Å². The summed E-state index contributed by atoms with van der Waals surface area (Å²) in [6.07, 6.45) is 3.14. The van der Waals surface area contributed by atoms with Crippen molar-refractivity contribution in [2.24, 2.45) is 5.41 Å². The number of rotatable bonds is 1. The van der Waals surface area contributed by atoms with Gasteiger partial charge in [-0.2, -0.15) is 0 Å². The van der Waals surface area contributed by atoms with Gasteiger partial charge >= 0.3 is 0 Å². The molecule has 0 spiro atoms. The lowest BCUT2D eigenvalue weighted by molar-refractivity contribution is -0.132. The predicted octanol–water partition coefficient (Wildman–Crippen LogP) is 1.31. The van der Waals surface area contributed by atoms with Gasteiger partial charge in [0, 0.05) is 12.0 Å². The summed E-state index contributed by atoms with van der Waals surface area (Å²) in [5.41, 5.74) is -0.0712. The van der Waals surface area contributed by atoms with Crippen LogP contribution < -0.4 is 5.32 Å². The Morgan fingerprint density at radius 2 is 2.40 bits per heavy atom. The highest BCUT2D eigenvalue weighted by Crippen LogP contribution is 2.29. The largest absolute Gasteiger partial charge is 0.356 e. The zero-order valence-corrected chi connectivity index (χ0v) is 6.74. The number of nitrogens with one attached hydrogen (secondary N) is 1. The minimum Gasteiger partial charge on any atom is -0.356 e. The van der Waals surface area contributed by atoms with Crippen molar-refractivity contribution in [3.8, 4) is 0 Å². The normalized spacial score (nSPS) is 33.6. The number of piperidine rings is 1. The molecule has 0 aliphatic carbocycles. The lowest BCUT2D eigenvalue weighted by Gasteiger charge is -2.31. The van der Waals surface area contributed by atoms with Gasteiger partial charge in [-0.25, -0.2) is 0 Å². The molecule has 1 heterocycles. The molecule has 1 aliphatic heterocycles. The first-order valence-corrected chi connectivity index (χ1v) is 3.97. The topological polar surface area (TPSA) is 29.1 Å². The zero-order valence-electron chi connectivity index (χ0n) is 6.74. The summed E-state index contributed by atoms with van der Waals surface area (Å²) in [5, 5.41) is 2.88. The van der Waals surface area contributed by atoms with Crippen LogP contribution in [0.4, 0.5) is 0 Å². The Morgan fingerprint density at radius 3 is 2.80 bits per heavy atom. The first kappa shape index (κ1) is 7.58. The van der Waals surface area contributed by atoms with E-state index in [1.807, 2.05) is 6.92 Å². The Bertz CT molecular complexity index is 144. The quantitative estimate of drug-likeness (QED) is 0.586.